The average Bonchev–Trinajstić information content (AvgIpc) is 2.58. The zero-order valence-electron chi connectivity index (χ0n) is 14.4. The van der Waals surface area contributed by atoms with Gasteiger partial charge in [0.2, 0.25) is 5.91 Å². The van der Waals surface area contributed by atoms with Crippen LogP contribution in [0.1, 0.15) is 16.7 Å². The maximum absolute atomic E-state index is 12.5. The molecular weight excluding hydrogens is 386 g/mol. The molecule has 3 rings (SSSR count). The maximum atomic E-state index is 12.5. The zero-order valence-corrected chi connectivity index (χ0v) is 16.0. The number of hydrogen-bond donors (Lipinski definition) is 1. The van der Waals surface area contributed by atoms with Gasteiger partial charge in [-0.2, -0.15) is 0 Å². The normalized spacial score (nSPS) is 12.6. The molecule has 0 atom stereocenters. The van der Waals surface area contributed by atoms with Crippen molar-refractivity contribution < 1.29 is 19.0 Å². The van der Waals surface area contributed by atoms with Crippen molar-refractivity contribution in [1.82, 2.24) is 0 Å². The van der Waals surface area contributed by atoms with E-state index in [1.807, 2.05) is 38.1 Å². The largest absolute Gasteiger partial charge is 0.496 e. The van der Waals surface area contributed by atoms with E-state index >= 15 is 0 Å². The monoisotopic (exact) mass is 405 g/mol. The maximum Gasteiger partial charge on any atom is 0.228 e. The lowest BCUT2D eigenvalue weighted by atomic mass is 10.1. The van der Waals surface area contributed by atoms with Gasteiger partial charge in [-0.25, -0.2) is 0 Å². The SMILES string of the molecule is COc1c(C)ccc(NC(=O)Cc2cc3c(cc2Br)OCCO3)c1C. The minimum atomic E-state index is -0.105. The molecule has 6 heteroatoms. The van der Waals surface area contributed by atoms with Crippen molar-refractivity contribution in [3.05, 3.63) is 45.4 Å². The van der Waals surface area contributed by atoms with Crippen molar-refractivity contribution in [2.75, 3.05) is 25.6 Å². The second-order valence-corrected chi connectivity index (χ2v) is 6.75. The Hall–Kier alpha value is -2.21. The Morgan fingerprint density at radius 3 is 2.56 bits per heavy atom. The molecule has 1 heterocycles. The summed E-state index contributed by atoms with van der Waals surface area (Å²) >= 11 is 3.50. The van der Waals surface area contributed by atoms with Crippen LogP contribution in [0.3, 0.4) is 0 Å². The van der Waals surface area contributed by atoms with Gasteiger partial charge in [0.25, 0.3) is 0 Å². The van der Waals surface area contributed by atoms with Crippen LogP contribution < -0.4 is 19.5 Å². The van der Waals surface area contributed by atoms with Crippen LogP contribution in [-0.4, -0.2) is 26.2 Å². The van der Waals surface area contributed by atoms with Crippen molar-refractivity contribution in [2.24, 2.45) is 0 Å². The first kappa shape index (κ1) is 17.6. The molecule has 132 valence electrons. The molecule has 1 aliphatic heterocycles. The Morgan fingerprint density at radius 2 is 1.88 bits per heavy atom. The molecule has 0 unspecified atom stereocenters. The minimum absolute atomic E-state index is 0.105. The predicted octanol–water partition coefficient (Wildman–Crippen LogP) is 4.03. The second kappa shape index (κ2) is 7.35. The van der Waals surface area contributed by atoms with Crippen LogP contribution >= 0.6 is 15.9 Å². The number of nitrogens with one attached hydrogen (secondary N) is 1. The first-order valence-electron chi connectivity index (χ1n) is 8.01. The van der Waals surface area contributed by atoms with Crippen LogP contribution in [0.5, 0.6) is 17.2 Å². The molecule has 0 saturated heterocycles. The lowest BCUT2D eigenvalue weighted by Crippen LogP contribution is -2.18. The number of carbonyl (C=O) groups is 1. The lowest BCUT2D eigenvalue weighted by Gasteiger charge is -2.20. The van der Waals surface area contributed by atoms with Gasteiger partial charge in [-0.05, 0) is 43.2 Å². The van der Waals surface area contributed by atoms with Gasteiger partial charge >= 0.3 is 0 Å². The van der Waals surface area contributed by atoms with Gasteiger partial charge in [0.05, 0.1) is 13.5 Å². The average molecular weight is 406 g/mol. The molecule has 25 heavy (non-hydrogen) atoms. The van der Waals surface area contributed by atoms with E-state index in [2.05, 4.69) is 21.2 Å². The first-order valence-corrected chi connectivity index (χ1v) is 8.81. The second-order valence-electron chi connectivity index (χ2n) is 5.90. The van der Waals surface area contributed by atoms with E-state index in [9.17, 15) is 4.79 Å². The molecule has 2 aromatic rings. The van der Waals surface area contributed by atoms with Crippen LogP contribution in [0.2, 0.25) is 0 Å². The zero-order chi connectivity index (χ0) is 18.0. The molecule has 0 spiro atoms. The molecule has 0 fully saturated rings. The Bertz CT molecular complexity index is 820. The number of benzene rings is 2. The first-order chi connectivity index (χ1) is 12.0. The Morgan fingerprint density at radius 1 is 1.20 bits per heavy atom. The number of ether oxygens (including phenoxy) is 3. The van der Waals surface area contributed by atoms with Gasteiger partial charge in [0.15, 0.2) is 11.5 Å². The van der Waals surface area contributed by atoms with Crippen molar-refractivity contribution in [3.8, 4) is 17.2 Å². The van der Waals surface area contributed by atoms with E-state index in [4.69, 9.17) is 14.2 Å². The lowest BCUT2D eigenvalue weighted by molar-refractivity contribution is -0.115. The van der Waals surface area contributed by atoms with Gasteiger partial charge in [0.1, 0.15) is 19.0 Å². The van der Waals surface area contributed by atoms with Gasteiger partial charge in [-0.1, -0.05) is 22.0 Å². The standard InChI is InChI=1S/C19H20BrNO4/c1-11-4-5-15(12(2)19(11)23-3)21-18(22)9-13-8-16-17(10-14(13)20)25-7-6-24-16/h4-5,8,10H,6-7,9H2,1-3H3,(H,21,22). The Kier molecular flexibility index (Phi) is 5.18. The van der Waals surface area contributed by atoms with E-state index in [1.165, 1.54) is 0 Å². The highest BCUT2D eigenvalue weighted by molar-refractivity contribution is 9.10. The summed E-state index contributed by atoms with van der Waals surface area (Å²) in [7, 11) is 1.63. The van der Waals surface area contributed by atoms with Crippen LogP contribution in [-0.2, 0) is 11.2 Å². The number of carbonyl (C=O) groups excluding carboxylic acids is 1. The summed E-state index contributed by atoms with van der Waals surface area (Å²) in [6, 6.07) is 7.52. The van der Waals surface area contributed by atoms with Crippen LogP contribution in [0.25, 0.3) is 0 Å². The summed E-state index contributed by atoms with van der Waals surface area (Å²) in [5.41, 5.74) is 3.55. The molecule has 1 amide bonds. The van der Waals surface area contributed by atoms with E-state index in [-0.39, 0.29) is 12.3 Å². The summed E-state index contributed by atoms with van der Waals surface area (Å²) in [5, 5.41) is 2.96. The summed E-state index contributed by atoms with van der Waals surface area (Å²) in [5.74, 6) is 2.05. The molecule has 1 N–H and O–H groups in total. The topological polar surface area (TPSA) is 56.8 Å². The summed E-state index contributed by atoms with van der Waals surface area (Å²) in [6.45, 7) is 4.96. The summed E-state index contributed by atoms with van der Waals surface area (Å²) < 4.78 is 17.4. The Balaban J connectivity index is 1.77. The summed E-state index contributed by atoms with van der Waals surface area (Å²) in [6.07, 6.45) is 0.229. The Labute approximate surface area is 155 Å². The molecule has 0 aliphatic carbocycles. The quantitative estimate of drug-likeness (QED) is 0.833. The number of halogens is 1. The predicted molar refractivity (Wildman–Crippen MR) is 99.9 cm³/mol. The van der Waals surface area contributed by atoms with Gasteiger partial charge in [0, 0.05) is 15.7 Å². The number of fused-ring (bicyclic) bond motifs is 1. The van der Waals surface area contributed by atoms with Crippen molar-refractivity contribution in [2.45, 2.75) is 20.3 Å². The number of rotatable bonds is 4. The smallest absolute Gasteiger partial charge is 0.228 e. The fourth-order valence-corrected chi connectivity index (χ4v) is 3.35. The minimum Gasteiger partial charge on any atom is -0.496 e. The number of aryl methyl sites for hydroxylation is 1. The molecule has 0 radical (unpaired) electrons. The van der Waals surface area contributed by atoms with Crippen LogP contribution in [0.15, 0.2) is 28.7 Å². The number of methoxy groups -OCH3 is 1. The van der Waals surface area contributed by atoms with Crippen LogP contribution in [0, 0.1) is 13.8 Å². The number of amides is 1. The third-order valence-electron chi connectivity index (χ3n) is 4.14. The number of anilines is 1. The molecule has 5 nitrogen and oxygen atoms in total. The van der Waals surface area contributed by atoms with E-state index in [0.717, 1.165) is 32.6 Å². The van der Waals surface area contributed by atoms with E-state index < -0.39 is 0 Å². The highest BCUT2D eigenvalue weighted by Gasteiger charge is 2.17. The molecule has 2 aromatic carbocycles. The van der Waals surface area contributed by atoms with Crippen molar-refractivity contribution >= 4 is 27.5 Å². The van der Waals surface area contributed by atoms with Gasteiger partial charge < -0.3 is 19.5 Å². The van der Waals surface area contributed by atoms with Gasteiger partial charge in [-0.15, -0.1) is 0 Å². The molecule has 0 saturated carbocycles. The van der Waals surface area contributed by atoms with E-state index in [1.54, 1.807) is 7.11 Å². The summed E-state index contributed by atoms with van der Waals surface area (Å²) in [4.78, 5) is 12.5. The fourth-order valence-electron chi connectivity index (χ4n) is 2.89. The number of hydrogen-bond acceptors (Lipinski definition) is 4. The van der Waals surface area contributed by atoms with Gasteiger partial charge in [-0.3, -0.25) is 4.79 Å². The van der Waals surface area contributed by atoms with Crippen LogP contribution in [0.4, 0.5) is 5.69 Å². The third-order valence-corrected chi connectivity index (χ3v) is 4.88. The third kappa shape index (κ3) is 3.74. The highest BCUT2D eigenvalue weighted by Crippen LogP contribution is 2.36. The van der Waals surface area contributed by atoms with E-state index in [0.29, 0.717) is 24.7 Å². The van der Waals surface area contributed by atoms with Crippen molar-refractivity contribution in [3.63, 3.8) is 0 Å². The molecule has 1 aliphatic rings. The highest BCUT2D eigenvalue weighted by atomic mass is 79.9. The van der Waals surface area contributed by atoms with Crippen molar-refractivity contribution in [1.29, 1.82) is 0 Å². The molecule has 0 bridgehead atoms. The fraction of sp³-hybridized carbons (Fsp3) is 0.316. The molecular formula is C19H20BrNO4. The molecule has 0 aromatic heterocycles.